The number of hydrogen-bond acceptors (Lipinski definition) is 5. The number of amides is 1. The Balaban J connectivity index is 0.00000392. The summed E-state index contributed by atoms with van der Waals surface area (Å²) >= 11 is 0. The van der Waals surface area contributed by atoms with Crippen LogP contribution in [-0.4, -0.2) is 36.5 Å². The summed E-state index contributed by atoms with van der Waals surface area (Å²) in [6.45, 7) is 8.31. The maximum atomic E-state index is 12.1. The summed E-state index contributed by atoms with van der Waals surface area (Å²) < 4.78 is 19.3. The van der Waals surface area contributed by atoms with Crippen molar-refractivity contribution >= 4 is 23.1 Å². The molecule has 1 amide bonds. The number of imidazole rings is 1. The maximum absolute atomic E-state index is 12.1. The number of fused-ring (bicyclic) bond motifs is 1. The number of aromatic nitrogens is 2. The highest BCUT2D eigenvalue weighted by atomic mass is 79.9. The Morgan fingerprint density at radius 2 is 1.89 bits per heavy atom. The first-order valence-corrected chi connectivity index (χ1v) is 8.82. The summed E-state index contributed by atoms with van der Waals surface area (Å²) in [5, 5.41) is 2.77. The van der Waals surface area contributed by atoms with E-state index >= 15 is 0 Å². The molecule has 8 nitrogen and oxygen atoms in total. The van der Waals surface area contributed by atoms with Crippen molar-refractivity contribution in [3.8, 4) is 5.75 Å². The molecule has 0 unspecified atom stereocenters. The van der Waals surface area contributed by atoms with Crippen molar-refractivity contribution in [2.45, 2.75) is 52.9 Å². The molecule has 1 heterocycles. The summed E-state index contributed by atoms with van der Waals surface area (Å²) in [7, 11) is 2.96. The normalized spacial score (nSPS) is 10.9. The molecule has 1 N–H and O–H groups in total. The molecule has 156 valence electrons. The smallest absolute Gasteiger partial charge is 0.408 e. The Morgan fingerprint density at radius 1 is 1.21 bits per heavy atom. The first kappa shape index (κ1) is 23.7. The third-order valence-corrected chi connectivity index (χ3v) is 4.01. The fourth-order valence-electron chi connectivity index (χ4n) is 2.88. The number of halogens is 1. The summed E-state index contributed by atoms with van der Waals surface area (Å²) in [6, 6.07) is 5.63. The third kappa shape index (κ3) is 5.60. The van der Waals surface area contributed by atoms with Crippen molar-refractivity contribution in [3.63, 3.8) is 0 Å². The average molecular weight is 458 g/mol. The number of rotatable bonds is 6. The molecule has 9 heteroatoms. The Morgan fingerprint density at radius 3 is 2.43 bits per heavy atom. The first-order valence-electron chi connectivity index (χ1n) is 8.82. The Bertz CT molecular complexity index is 842. The lowest BCUT2D eigenvalue weighted by Gasteiger charge is -2.19. The standard InChI is InChI=1S/C19H27N3O5.BrH/c1-7-21-15-10-13(25-5)8-9-14(15)22(12-17(23)26-6)16(21)11-20-18(24)27-19(2,3)4;/h8-10H,7,11-12H2,1-6H3;1H. The zero-order valence-corrected chi connectivity index (χ0v) is 18.8. The van der Waals surface area contributed by atoms with Crippen molar-refractivity contribution < 1.29 is 45.3 Å². The van der Waals surface area contributed by atoms with E-state index in [1.807, 2.05) is 34.3 Å². The van der Waals surface area contributed by atoms with E-state index in [1.165, 1.54) is 7.11 Å². The minimum atomic E-state index is -0.586. The number of hydrogen-bond donors (Lipinski definition) is 1. The van der Waals surface area contributed by atoms with Gasteiger partial charge in [-0.2, -0.15) is 0 Å². The van der Waals surface area contributed by atoms with Gasteiger partial charge in [-0.25, -0.2) is 18.7 Å². The van der Waals surface area contributed by atoms with Gasteiger partial charge in [0.2, 0.25) is 0 Å². The van der Waals surface area contributed by atoms with E-state index in [2.05, 4.69) is 5.32 Å². The Kier molecular flexibility index (Phi) is 8.29. The van der Waals surface area contributed by atoms with Crippen LogP contribution in [0.1, 0.15) is 33.5 Å². The molecular formula is C19H28BrN3O5. The van der Waals surface area contributed by atoms with Gasteiger partial charge >= 0.3 is 12.1 Å². The fraction of sp³-hybridized carbons (Fsp3) is 0.526. The van der Waals surface area contributed by atoms with Crippen molar-refractivity contribution in [2.75, 3.05) is 14.2 Å². The van der Waals surface area contributed by atoms with Crippen molar-refractivity contribution in [1.82, 2.24) is 9.88 Å². The van der Waals surface area contributed by atoms with Gasteiger partial charge in [-0.1, -0.05) is 0 Å². The quantitative estimate of drug-likeness (QED) is 0.451. The maximum Gasteiger partial charge on any atom is 0.408 e. The monoisotopic (exact) mass is 457 g/mol. The number of nitrogens with zero attached hydrogens (tertiary/aromatic N) is 2. The largest absolute Gasteiger partial charge is 1.00 e. The minimum Gasteiger partial charge on any atom is -1.00 e. The number of nitrogens with one attached hydrogen (secondary N) is 1. The van der Waals surface area contributed by atoms with Gasteiger partial charge in [0.05, 0.1) is 20.8 Å². The summed E-state index contributed by atoms with van der Waals surface area (Å²) in [4.78, 5) is 24.0. The van der Waals surface area contributed by atoms with Crippen LogP contribution in [0.3, 0.4) is 0 Å². The second-order valence-electron chi connectivity index (χ2n) is 7.03. The zero-order chi connectivity index (χ0) is 20.2. The van der Waals surface area contributed by atoms with Crippen LogP contribution in [-0.2, 0) is 33.9 Å². The van der Waals surface area contributed by atoms with Crippen molar-refractivity contribution in [3.05, 3.63) is 24.0 Å². The van der Waals surface area contributed by atoms with Gasteiger partial charge in [-0.05, 0) is 39.8 Å². The van der Waals surface area contributed by atoms with E-state index in [-0.39, 0.29) is 36.0 Å². The molecule has 0 spiro atoms. The topological polar surface area (TPSA) is 82.7 Å². The summed E-state index contributed by atoms with van der Waals surface area (Å²) in [5.74, 6) is 1.10. The van der Waals surface area contributed by atoms with E-state index in [1.54, 1.807) is 27.9 Å². The van der Waals surface area contributed by atoms with Crippen LogP contribution >= 0.6 is 0 Å². The van der Waals surface area contributed by atoms with Crippen LogP contribution in [0.4, 0.5) is 4.79 Å². The SMILES string of the molecule is CCn1c(CNC(=O)OC(C)(C)C)[n+](CC(=O)OC)c2ccc(OC)cc21.[Br-]. The van der Waals surface area contributed by atoms with Crippen molar-refractivity contribution in [2.24, 2.45) is 0 Å². The average Bonchev–Trinajstić information content (AvgIpc) is 2.90. The second kappa shape index (κ2) is 9.77. The van der Waals surface area contributed by atoms with Crippen LogP contribution in [0.2, 0.25) is 0 Å². The highest BCUT2D eigenvalue weighted by Gasteiger charge is 2.27. The number of esters is 1. The Hall–Kier alpha value is -2.29. The van der Waals surface area contributed by atoms with Crippen LogP contribution in [0.25, 0.3) is 11.0 Å². The van der Waals surface area contributed by atoms with E-state index in [0.717, 1.165) is 16.9 Å². The molecule has 28 heavy (non-hydrogen) atoms. The number of carbonyl (C=O) groups excluding carboxylic acids is 2. The molecule has 0 saturated heterocycles. The third-order valence-electron chi connectivity index (χ3n) is 4.01. The fourth-order valence-corrected chi connectivity index (χ4v) is 2.88. The lowest BCUT2D eigenvalue weighted by Crippen LogP contribution is -3.00. The molecule has 0 saturated carbocycles. The number of alkyl carbamates (subject to hydrolysis) is 1. The van der Waals surface area contributed by atoms with Gasteiger partial charge in [0, 0.05) is 6.07 Å². The lowest BCUT2D eigenvalue weighted by atomic mass is 10.2. The molecule has 0 aliphatic heterocycles. The summed E-state index contributed by atoms with van der Waals surface area (Å²) in [6.07, 6.45) is -0.516. The minimum absolute atomic E-state index is 0. The lowest BCUT2D eigenvalue weighted by molar-refractivity contribution is -0.669. The molecule has 0 atom stereocenters. The van der Waals surface area contributed by atoms with E-state index in [0.29, 0.717) is 12.3 Å². The number of methoxy groups -OCH3 is 2. The molecule has 0 radical (unpaired) electrons. The molecule has 0 bridgehead atoms. The van der Waals surface area contributed by atoms with Crippen LogP contribution in [0, 0.1) is 0 Å². The predicted molar refractivity (Wildman–Crippen MR) is 99.4 cm³/mol. The number of ether oxygens (including phenoxy) is 3. The van der Waals surface area contributed by atoms with Gasteiger partial charge < -0.3 is 36.5 Å². The summed E-state index contributed by atoms with van der Waals surface area (Å²) in [5.41, 5.74) is 1.17. The molecule has 2 rings (SSSR count). The van der Waals surface area contributed by atoms with Crippen LogP contribution in [0.15, 0.2) is 18.2 Å². The van der Waals surface area contributed by atoms with Gasteiger partial charge in [-0.15, -0.1) is 0 Å². The number of carbonyl (C=O) groups is 2. The predicted octanol–water partition coefficient (Wildman–Crippen LogP) is -0.841. The van der Waals surface area contributed by atoms with Crippen LogP contribution in [0.5, 0.6) is 5.75 Å². The van der Waals surface area contributed by atoms with Crippen LogP contribution < -0.4 is 31.6 Å². The Labute approximate surface area is 175 Å². The molecule has 2 aromatic rings. The molecule has 0 aliphatic carbocycles. The zero-order valence-electron chi connectivity index (χ0n) is 17.2. The molecule has 0 fully saturated rings. The van der Waals surface area contributed by atoms with E-state index < -0.39 is 11.7 Å². The first-order chi connectivity index (χ1) is 12.7. The molecule has 0 aliphatic rings. The molecule has 1 aromatic carbocycles. The van der Waals surface area contributed by atoms with E-state index in [4.69, 9.17) is 14.2 Å². The van der Waals surface area contributed by atoms with Gasteiger partial charge in [0.25, 0.3) is 5.82 Å². The van der Waals surface area contributed by atoms with E-state index in [9.17, 15) is 9.59 Å². The molecular weight excluding hydrogens is 430 g/mol. The van der Waals surface area contributed by atoms with Gasteiger partial charge in [-0.3, -0.25) is 0 Å². The highest BCUT2D eigenvalue weighted by molar-refractivity contribution is 5.76. The highest BCUT2D eigenvalue weighted by Crippen LogP contribution is 2.21. The molecule has 1 aromatic heterocycles. The number of benzene rings is 1. The number of aryl methyl sites for hydroxylation is 1. The van der Waals surface area contributed by atoms with Crippen molar-refractivity contribution in [1.29, 1.82) is 0 Å². The second-order valence-corrected chi connectivity index (χ2v) is 7.03. The van der Waals surface area contributed by atoms with Gasteiger partial charge in [0.15, 0.2) is 17.6 Å². The van der Waals surface area contributed by atoms with Gasteiger partial charge in [0.1, 0.15) is 17.9 Å².